The summed E-state index contributed by atoms with van der Waals surface area (Å²) in [6.45, 7) is 0.281. The fourth-order valence-corrected chi connectivity index (χ4v) is 4.24. The second-order valence-corrected chi connectivity index (χ2v) is 7.93. The molecular formula is C23H15F2N3O3S. The predicted octanol–water partition coefficient (Wildman–Crippen LogP) is 4.94. The van der Waals surface area contributed by atoms with E-state index in [0.717, 1.165) is 23.0 Å². The highest BCUT2D eigenvalue weighted by atomic mass is 32.1. The van der Waals surface area contributed by atoms with Gasteiger partial charge in [-0.1, -0.05) is 23.5 Å². The molecule has 0 aliphatic carbocycles. The van der Waals surface area contributed by atoms with E-state index in [0.29, 0.717) is 21.9 Å². The van der Waals surface area contributed by atoms with Gasteiger partial charge in [0.05, 0.1) is 16.9 Å². The molecule has 1 aliphatic rings. The molecule has 0 atom stereocenters. The van der Waals surface area contributed by atoms with Gasteiger partial charge in [0, 0.05) is 18.3 Å². The lowest BCUT2D eigenvalue weighted by molar-refractivity contribution is -0.114. The molecule has 0 radical (unpaired) electrons. The largest absolute Gasteiger partial charge is 0.454 e. The molecule has 4 aromatic rings. The maximum atomic E-state index is 14.2. The first-order valence-electron chi connectivity index (χ1n) is 9.61. The summed E-state index contributed by atoms with van der Waals surface area (Å²) in [6, 6.07) is 12.7. The lowest BCUT2D eigenvalue weighted by Gasteiger charge is -2.17. The smallest absolute Gasteiger partial charge is 0.253 e. The third-order valence-electron chi connectivity index (χ3n) is 4.76. The Morgan fingerprint density at radius 1 is 1.12 bits per heavy atom. The van der Waals surface area contributed by atoms with Crippen LogP contribution in [0.4, 0.5) is 13.9 Å². The Morgan fingerprint density at radius 3 is 2.84 bits per heavy atom. The quantitative estimate of drug-likeness (QED) is 0.402. The zero-order valence-corrected chi connectivity index (χ0v) is 17.3. The van der Waals surface area contributed by atoms with Gasteiger partial charge in [-0.25, -0.2) is 13.8 Å². The van der Waals surface area contributed by atoms with E-state index in [1.54, 1.807) is 48.7 Å². The van der Waals surface area contributed by atoms with Crippen LogP contribution in [0.15, 0.2) is 60.8 Å². The standard InChI is InChI=1S/C23H15F2N3O3S/c24-15-10-17(25)22-20(11-15)32-23(27-22)28(12-16-3-1-2-8-26-16)21(29)7-5-14-4-6-18-19(9-14)31-13-30-18/h1-11H,12-13H2/b7-5+. The molecular weight excluding hydrogens is 436 g/mol. The molecule has 2 aromatic carbocycles. The molecule has 0 bridgehead atoms. The zero-order chi connectivity index (χ0) is 22.1. The Balaban J connectivity index is 1.48. The summed E-state index contributed by atoms with van der Waals surface area (Å²) < 4.78 is 38.8. The Kier molecular flexibility index (Phi) is 5.24. The lowest BCUT2D eigenvalue weighted by Crippen LogP contribution is -2.29. The van der Waals surface area contributed by atoms with Gasteiger partial charge in [-0.2, -0.15) is 0 Å². The van der Waals surface area contributed by atoms with Gasteiger partial charge in [-0.15, -0.1) is 0 Å². The van der Waals surface area contributed by atoms with Crippen LogP contribution in [-0.4, -0.2) is 22.7 Å². The topological polar surface area (TPSA) is 64.6 Å². The Hall–Kier alpha value is -3.85. The number of benzene rings is 2. The summed E-state index contributed by atoms with van der Waals surface area (Å²) >= 11 is 1.04. The predicted molar refractivity (Wildman–Crippen MR) is 117 cm³/mol. The summed E-state index contributed by atoms with van der Waals surface area (Å²) in [7, 11) is 0. The number of anilines is 1. The van der Waals surface area contributed by atoms with Crippen LogP contribution in [0.25, 0.3) is 16.3 Å². The van der Waals surface area contributed by atoms with Crippen molar-refractivity contribution in [2.75, 3.05) is 11.7 Å². The number of pyridine rings is 1. The SMILES string of the molecule is O=C(/C=C/c1ccc2c(c1)OCO2)N(Cc1ccccn1)c1nc2c(F)cc(F)cc2s1. The highest BCUT2D eigenvalue weighted by Crippen LogP contribution is 2.34. The van der Waals surface area contributed by atoms with E-state index in [1.807, 2.05) is 0 Å². The van der Waals surface area contributed by atoms with Gasteiger partial charge in [-0.05, 0) is 42.0 Å². The van der Waals surface area contributed by atoms with Gasteiger partial charge in [0.15, 0.2) is 22.4 Å². The molecule has 0 saturated carbocycles. The highest BCUT2D eigenvalue weighted by Gasteiger charge is 2.21. The van der Waals surface area contributed by atoms with Crippen molar-refractivity contribution in [1.82, 2.24) is 9.97 Å². The summed E-state index contributed by atoms with van der Waals surface area (Å²) in [4.78, 5) is 23.0. The second-order valence-electron chi connectivity index (χ2n) is 6.92. The van der Waals surface area contributed by atoms with Crippen molar-refractivity contribution in [1.29, 1.82) is 0 Å². The molecule has 1 aliphatic heterocycles. The Morgan fingerprint density at radius 2 is 2.00 bits per heavy atom. The summed E-state index contributed by atoms with van der Waals surface area (Å²) in [5.41, 5.74) is 1.39. The van der Waals surface area contributed by atoms with E-state index in [9.17, 15) is 13.6 Å². The molecule has 0 N–H and O–H groups in total. The number of halogens is 2. The van der Waals surface area contributed by atoms with Gasteiger partial charge >= 0.3 is 0 Å². The first kappa shape index (κ1) is 20.1. The summed E-state index contributed by atoms with van der Waals surface area (Å²) in [6.07, 6.45) is 4.65. The maximum Gasteiger partial charge on any atom is 0.253 e. The van der Waals surface area contributed by atoms with Crippen molar-refractivity contribution in [2.45, 2.75) is 6.54 Å². The normalized spacial score (nSPS) is 12.6. The minimum Gasteiger partial charge on any atom is -0.454 e. The molecule has 1 amide bonds. The van der Waals surface area contributed by atoms with E-state index >= 15 is 0 Å². The number of amides is 1. The van der Waals surface area contributed by atoms with Crippen molar-refractivity contribution >= 4 is 38.7 Å². The van der Waals surface area contributed by atoms with Crippen LogP contribution in [0.2, 0.25) is 0 Å². The highest BCUT2D eigenvalue weighted by molar-refractivity contribution is 7.22. The number of aromatic nitrogens is 2. The first-order valence-corrected chi connectivity index (χ1v) is 10.4. The van der Waals surface area contributed by atoms with Crippen LogP contribution in [0.3, 0.4) is 0 Å². The van der Waals surface area contributed by atoms with Crippen LogP contribution >= 0.6 is 11.3 Å². The van der Waals surface area contributed by atoms with Gasteiger partial charge in [-0.3, -0.25) is 14.7 Å². The van der Waals surface area contributed by atoms with Gasteiger partial charge in [0.1, 0.15) is 11.3 Å². The molecule has 0 fully saturated rings. The van der Waals surface area contributed by atoms with E-state index in [2.05, 4.69) is 9.97 Å². The number of carbonyl (C=O) groups is 1. The monoisotopic (exact) mass is 451 g/mol. The third kappa shape index (κ3) is 4.02. The first-order chi connectivity index (χ1) is 15.6. The van der Waals surface area contributed by atoms with E-state index in [1.165, 1.54) is 17.0 Å². The van der Waals surface area contributed by atoms with Crippen LogP contribution in [0.1, 0.15) is 11.3 Å². The molecule has 0 unspecified atom stereocenters. The van der Waals surface area contributed by atoms with E-state index < -0.39 is 11.6 Å². The van der Waals surface area contributed by atoms with Crippen molar-refractivity contribution in [3.8, 4) is 11.5 Å². The number of thiazole rings is 1. The lowest BCUT2D eigenvalue weighted by atomic mass is 10.2. The van der Waals surface area contributed by atoms with Crippen LogP contribution < -0.4 is 14.4 Å². The van der Waals surface area contributed by atoms with Gasteiger partial charge < -0.3 is 9.47 Å². The molecule has 0 spiro atoms. The number of nitrogens with zero attached hydrogens (tertiary/aromatic N) is 3. The molecule has 3 heterocycles. The van der Waals surface area contributed by atoms with Crippen molar-refractivity contribution in [3.63, 3.8) is 0 Å². The minimum absolute atomic E-state index is 0.0185. The average Bonchev–Trinajstić information content (AvgIpc) is 3.43. The molecule has 32 heavy (non-hydrogen) atoms. The molecule has 0 saturated heterocycles. The fourth-order valence-electron chi connectivity index (χ4n) is 3.23. The summed E-state index contributed by atoms with van der Waals surface area (Å²) in [5.74, 6) is -0.602. The Bertz CT molecular complexity index is 1340. The molecule has 5 rings (SSSR count). The molecule has 160 valence electrons. The minimum atomic E-state index is -0.774. The van der Waals surface area contributed by atoms with E-state index in [4.69, 9.17) is 9.47 Å². The number of hydrogen-bond acceptors (Lipinski definition) is 6. The van der Waals surface area contributed by atoms with Crippen LogP contribution in [0, 0.1) is 11.6 Å². The van der Waals surface area contributed by atoms with Crippen LogP contribution in [-0.2, 0) is 11.3 Å². The molecule has 6 nitrogen and oxygen atoms in total. The van der Waals surface area contributed by atoms with Crippen molar-refractivity contribution in [2.24, 2.45) is 0 Å². The molecule has 2 aromatic heterocycles. The van der Waals surface area contributed by atoms with Crippen LogP contribution in [0.5, 0.6) is 11.5 Å². The average molecular weight is 451 g/mol. The number of rotatable bonds is 5. The number of ether oxygens (including phenoxy) is 2. The van der Waals surface area contributed by atoms with Crippen molar-refractivity contribution in [3.05, 3.63) is 83.7 Å². The second kappa shape index (κ2) is 8.35. The zero-order valence-electron chi connectivity index (χ0n) is 16.5. The van der Waals surface area contributed by atoms with Crippen molar-refractivity contribution < 1.29 is 23.0 Å². The number of carbonyl (C=O) groups excluding carboxylic acids is 1. The maximum absolute atomic E-state index is 14.2. The van der Waals surface area contributed by atoms with E-state index in [-0.39, 0.29) is 29.9 Å². The number of fused-ring (bicyclic) bond motifs is 2. The Labute approximate surface area is 185 Å². The molecule has 9 heteroatoms. The number of hydrogen-bond donors (Lipinski definition) is 0. The third-order valence-corrected chi connectivity index (χ3v) is 5.79. The summed E-state index contributed by atoms with van der Waals surface area (Å²) in [5, 5.41) is 0.246. The fraction of sp³-hybridized carbons (Fsp3) is 0.0870. The van der Waals surface area contributed by atoms with Gasteiger partial charge in [0.25, 0.3) is 5.91 Å². The van der Waals surface area contributed by atoms with Gasteiger partial charge in [0.2, 0.25) is 6.79 Å².